The zero-order valence-corrected chi connectivity index (χ0v) is 11.9. The van der Waals surface area contributed by atoms with E-state index in [0.29, 0.717) is 22.8 Å². The molecule has 0 radical (unpaired) electrons. The summed E-state index contributed by atoms with van der Waals surface area (Å²) < 4.78 is 15.7. The first-order valence-corrected chi connectivity index (χ1v) is 6.33. The lowest BCUT2D eigenvalue weighted by atomic mass is 10.1. The van der Waals surface area contributed by atoms with E-state index in [-0.39, 0.29) is 12.5 Å². The van der Waals surface area contributed by atoms with E-state index in [1.165, 1.54) is 21.3 Å². The van der Waals surface area contributed by atoms with E-state index in [4.69, 9.17) is 14.2 Å². The first-order chi connectivity index (χ1) is 9.60. The van der Waals surface area contributed by atoms with Gasteiger partial charge in [0.05, 0.1) is 39.0 Å². The Bertz CT molecular complexity index is 511. The van der Waals surface area contributed by atoms with Crippen molar-refractivity contribution < 1.29 is 24.1 Å². The SMILES string of the molecule is COc1ccc(C(=O)NC2(CO)CC2)c(OC)c1OC. The summed E-state index contributed by atoms with van der Waals surface area (Å²) in [5.41, 5.74) is -0.125. The molecule has 110 valence electrons. The van der Waals surface area contributed by atoms with Crippen molar-refractivity contribution in [2.24, 2.45) is 0 Å². The van der Waals surface area contributed by atoms with Gasteiger partial charge in [-0.3, -0.25) is 4.79 Å². The Labute approximate surface area is 117 Å². The average molecular weight is 281 g/mol. The normalized spacial score (nSPS) is 15.4. The molecule has 1 aliphatic rings. The molecule has 0 aromatic heterocycles. The van der Waals surface area contributed by atoms with Crippen LogP contribution >= 0.6 is 0 Å². The van der Waals surface area contributed by atoms with Crippen LogP contribution in [0.5, 0.6) is 17.2 Å². The summed E-state index contributed by atoms with van der Waals surface area (Å²) in [6.07, 6.45) is 1.57. The molecule has 2 rings (SSSR count). The average Bonchev–Trinajstić information content (AvgIpc) is 3.25. The Morgan fingerprint density at radius 3 is 2.30 bits per heavy atom. The zero-order chi connectivity index (χ0) is 14.8. The molecule has 1 aromatic rings. The number of aliphatic hydroxyl groups is 1. The highest BCUT2D eigenvalue weighted by Gasteiger charge is 2.44. The smallest absolute Gasteiger partial charge is 0.255 e. The fourth-order valence-corrected chi connectivity index (χ4v) is 2.06. The van der Waals surface area contributed by atoms with Gasteiger partial charge in [-0.05, 0) is 25.0 Å². The molecular weight excluding hydrogens is 262 g/mol. The van der Waals surface area contributed by atoms with Gasteiger partial charge in [0.25, 0.3) is 5.91 Å². The van der Waals surface area contributed by atoms with Gasteiger partial charge in [-0.1, -0.05) is 0 Å². The maximum Gasteiger partial charge on any atom is 0.255 e. The minimum Gasteiger partial charge on any atom is -0.493 e. The van der Waals surface area contributed by atoms with Gasteiger partial charge < -0.3 is 24.6 Å². The van der Waals surface area contributed by atoms with Crippen molar-refractivity contribution in [1.82, 2.24) is 5.32 Å². The van der Waals surface area contributed by atoms with Gasteiger partial charge in [0.15, 0.2) is 11.5 Å². The molecule has 0 heterocycles. The van der Waals surface area contributed by atoms with Gasteiger partial charge in [0.1, 0.15) is 0 Å². The van der Waals surface area contributed by atoms with Crippen LogP contribution < -0.4 is 19.5 Å². The summed E-state index contributed by atoms with van der Waals surface area (Å²) in [4.78, 5) is 12.3. The number of rotatable bonds is 6. The predicted octanol–water partition coefficient (Wildman–Crippen LogP) is 0.967. The number of ether oxygens (including phenoxy) is 3. The van der Waals surface area contributed by atoms with Gasteiger partial charge in [-0.25, -0.2) is 0 Å². The van der Waals surface area contributed by atoms with Crippen molar-refractivity contribution in [2.45, 2.75) is 18.4 Å². The maximum absolute atomic E-state index is 12.3. The van der Waals surface area contributed by atoms with Crippen LogP contribution in [-0.2, 0) is 0 Å². The summed E-state index contributed by atoms with van der Waals surface area (Å²) in [6.45, 7) is -0.0612. The van der Waals surface area contributed by atoms with E-state index in [0.717, 1.165) is 12.8 Å². The lowest BCUT2D eigenvalue weighted by Gasteiger charge is -2.18. The zero-order valence-electron chi connectivity index (χ0n) is 11.9. The Kier molecular flexibility index (Phi) is 4.04. The molecule has 2 N–H and O–H groups in total. The highest BCUT2D eigenvalue weighted by atomic mass is 16.5. The lowest BCUT2D eigenvalue weighted by Crippen LogP contribution is -2.39. The van der Waals surface area contributed by atoms with Crippen molar-refractivity contribution in [1.29, 1.82) is 0 Å². The third-order valence-corrected chi connectivity index (χ3v) is 3.48. The van der Waals surface area contributed by atoms with Crippen LogP contribution in [0.1, 0.15) is 23.2 Å². The molecule has 1 saturated carbocycles. The molecule has 6 heteroatoms. The number of aliphatic hydroxyl groups excluding tert-OH is 1. The molecule has 0 bridgehead atoms. The monoisotopic (exact) mass is 281 g/mol. The lowest BCUT2D eigenvalue weighted by molar-refractivity contribution is 0.0903. The van der Waals surface area contributed by atoms with E-state index < -0.39 is 5.54 Å². The molecule has 1 amide bonds. The number of nitrogens with one attached hydrogen (secondary N) is 1. The van der Waals surface area contributed by atoms with Crippen molar-refractivity contribution >= 4 is 5.91 Å². The molecule has 6 nitrogen and oxygen atoms in total. The molecule has 0 aliphatic heterocycles. The molecule has 1 aliphatic carbocycles. The fourth-order valence-electron chi connectivity index (χ4n) is 2.06. The molecule has 0 unspecified atom stereocenters. The summed E-state index contributed by atoms with van der Waals surface area (Å²) in [7, 11) is 4.47. The second-order valence-electron chi connectivity index (χ2n) is 4.77. The number of hydrogen-bond donors (Lipinski definition) is 2. The minimum absolute atomic E-state index is 0.0612. The van der Waals surface area contributed by atoms with Crippen LogP contribution in [0.2, 0.25) is 0 Å². The molecule has 0 atom stereocenters. The van der Waals surface area contributed by atoms with Gasteiger partial charge in [0.2, 0.25) is 5.75 Å². The van der Waals surface area contributed by atoms with Crippen molar-refractivity contribution in [3.8, 4) is 17.2 Å². The van der Waals surface area contributed by atoms with E-state index in [2.05, 4.69) is 5.32 Å². The molecule has 1 aromatic carbocycles. The Hall–Kier alpha value is -1.95. The van der Waals surface area contributed by atoms with Crippen molar-refractivity contribution in [2.75, 3.05) is 27.9 Å². The number of amides is 1. The largest absolute Gasteiger partial charge is 0.493 e. The molecule has 0 saturated heterocycles. The predicted molar refractivity (Wildman–Crippen MR) is 72.6 cm³/mol. The van der Waals surface area contributed by atoms with Crippen molar-refractivity contribution in [3.63, 3.8) is 0 Å². The Morgan fingerprint density at radius 2 is 1.85 bits per heavy atom. The van der Waals surface area contributed by atoms with Gasteiger partial charge in [-0.15, -0.1) is 0 Å². The van der Waals surface area contributed by atoms with E-state index in [1.54, 1.807) is 12.1 Å². The molecule has 0 spiro atoms. The Morgan fingerprint density at radius 1 is 1.20 bits per heavy atom. The third kappa shape index (κ3) is 2.51. The van der Waals surface area contributed by atoms with Crippen LogP contribution in [-0.4, -0.2) is 44.5 Å². The van der Waals surface area contributed by atoms with Crippen LogP contribution in [0.25, 0.3) is 0 Å². The summed E-state index contributed by atoms with van der Waals surface area (Å²) in [6, 6.07) is 3.26. The summed E-state index contributed by atoms with van der Waals surface area (Å²) >= 11 is 0. The second-order valence-corrected chi connectivity index (χ2v) is 4.77. The van der Waals surface area contributed by atoms with Gasteiger partial charge >= 0.3 is 0 Å². The standard InChI is InChI=1S/C14H19NO5/c1-18-10-5-4-9(11(19-2)12(10)20-3)13(17)15-14(8-16)6-7-14/h4-5,16H,6-8H2,1-3H3,(H,15,17). The third-order valence-electron chi connectivity index (χ3n) is 3.48. The maximum atomic E-state index is 12.3. The fraction of sp³-hybridized carbons (Fsp3) is 0.500. The number of carbonyl (C=O) groups is 1. The summed E-state index contributed by atoms with van der Waals surface area (Å²) in [5, 5.41) is 12.1. The van der Waals surface area contributed by atoms with Crippen LogP contribution in [0.3, 0.4) is 0 Å². The molecule has 20 heavy (non-hydrogen) atoms. The van der Waals surface area contributed by atoms with Crippen LogP contribution in [0, 0.1) is 0 Å². The Balaban J connectivity index is 2.33. The van der Waals surface area contributed by atoms with Gasteiger partial charge in [0, 0.05) is 0 Å². The summed E-state index contributed by atoms with van der Waals surface area (Å²) in [5.74, 6) is 0.883. The number of benzene rings is 1. The first-order valence-electron chi connectivity index (χ1n) is 6.33. The minimum atomic E-state index is -0.477. The number of carbonyl (C=O) groups excluding carboxylic acids is 1. The first kappa shape index (κ1) is 14.5. The quantitative estimate of drug-likeness (QED) is 0.812. The number of methoxy groups -OCH3 is 3. The highest BCUT2D eigenvalue weighted by Crippen LogP contribution is 2.41. The second kappa shape index (κ2) is 5.58. The van der Waals surface area contributed by atoms with Crippen LogP contribution in [0.4, 0.5) is 0 Å². The topological polar surface area (TPSA) is 77.0 Å². The van der Waals surface area contributed by atoms with E-state index in [9.17, 15) is 9.90 Å². The van der Waals surface area contributed by atoms with Crippen LogP contribution in [0.15, 0.2) is 12.1 Å². The van der Waals surface area contributed by atoms with Crippen molar-refractivity contribution in [3.05, 3.63) is 17.7 Å². The van der Waals surface area contributed by atoms with Gasteiger partial charge in [-0.2, -0.15) is 0 Å². The highest BCUT2D eigenvalue weighted by molar-refractivity contribution is 5.99. The molecular formula is C14H19NO5. The van der Waals surface area contributed by atoms with E-state index >= 15 is 0 Å². The number of hydrogen-bond acceptors (Lipinski definition) is 5. The van der Waals surface area contributed by atoms with E-state index in [1.807, 2.05) is 0 Å². The molecule has 1 fully saturated rings.